The van der Waals surface area contributed by atoms with Crippen molar-refractivity contribution >= 4 is 27.5 Å². The molecule has 4 rings (SSSR count). The van der Waals surface area contributed by atoms with E-state index in [2.05, 4.69) is 5.32 Å². The SMILES string of the molecule is CCOc1ccccc1N(CC(=O)N(Cc1ccccc1C)[C@H](Cc1ccccc1)C(=O)NC1CCCCC1)S(C)(=O)=O. The molecule has 3 aromatic carbocycles. The summed E-state index contributed by atoms with van der Waals surface area (Å²) in [7, 11) is -3.89. The van der Waals surface area contributed by atoms with Gasteiger partial charge in [0, 0.05) is 19.0 Å². The molecule has 8 nitrogen and oxygen atoms in total. The second kappa shape index (κ2) is 15.0. The number of rotatable bonds is 13. The number of nitrogens with zero attached hydrogens (tertiary/aromatic N) is 2. The smallest absolute Gasteiger partial charge is 0.244 e. The number of carbonyl (C=O) groups excluding carboxylic acids is 2. The zero-order valence-corrected chi connectivity index (χ0v) is 26.2. The molecule has 3 aromatic rings. The first-order chi connectivity index (χ1) is 20.7. The first-order valence-electron chi connectivity index (χ1n) is 15.0. The Morgan fingerprint density at radius 1 is 0.930 bits per heavy atom. The number of para-hydroxylation sites is 2. The van der Waals surface area contributed by atoms with E-state index in [1.165, 1.54) is 0 Å². The summed E-state index contributed by atoms with van der Waals surface area (Å²) in [6.07, 6.45) is 6.46. The van der Waals surface area contributed by atoms with Crippen molar-refractivity contribution < 1.29 is 22.7 Å². The molecule has 0 spiro atoms. The maximum Gasteiger partial charge on any atom is 0.244 e. The van der Waals surface area contributed by atoms with E-state index in [-0.39, 0.29) is 24.2 Å². The highest BCUT2D eigenvalue weighted by atomic mass is 32.2. The van der Waals surface area contributed by atoms with Gasteiger partial charge in [0.1, 0.15) is 18.3 Å². The summed E-state index contributed by atoms with van der Waals surface area (Å²) in [6.45, 7) is 3.80. The van der Waals surface area contributed by atoms with Crippen LogP contribution in [0.15, 0.2) is 78.9 Å². The predicted octanol–water partition coefficient (Wildman–Crippen LogP) is 5.25. The Kier molecular flexibility index (Phi) is 11.2. The number of aryl methyl sites for hydroxylation is 1. The molecule has 0 bridgehead atoms. The van der Waals surface area contributed by atoms with Gasteiger partial charge in [-0.15, -0.1) is 0 Å². The zero-order valence-electron chi connectivity index (χ0n) is 25.4. The fourth-order valence-electron chi connectivity index (χ4n) is 5.60. The first kappa shape index (κ1) is 32.1. The Balaban J connectivity index is 1.75. The minimum Gasteiger partial charge on any atom is -0.492 e. The van der Waals surface area contributed by atoms with E-state index < -0.39 is 28.5 Å². The molecule has 1 fully saturated rings. The van der Waals surface area contributed by atoms with Gasteiger partial charge < -0.3 is 15.0 Å². The highest BCUT2D eigenvalue weighted by molar-refractivity contribution is 7.92. The van der Waals surface area contributed by atoms with E-state index >= 15 is 0 Å². The highest BCUT2D eigenvalue weighted by Gasteiger charge is 2.34. The van der Waals surface area contributed by atoms with Gasteiger partial charge in [-0.25, -0.2) is 8.42 Å². The standard InChI is InChI=1S/C34H43N3O5S/c1-4-42-32-22-14-13-21-30(32)37(43(3,40)41)25-33(38)36(24-28-18-12-11-15-26(28)2)31(23-27-16-7-5-8-17-27)34(39)35-29-19-9-6-10-20-29/h5,7-8,11-18,21-22,29,31H,4,6,9-10,19-20,23-25H2,1-3H3,(H,35,39)/t31-/m1/s1. The van der Waals surface area contributed by atoms with Crippen LogP contribution in [0.4, 0.5) is 5.69 Å². The van der Waals surface area contributed by atoms with Crippen LogP contribution in [0.3, 0.4) is 0 Å². The lowest BCUT2D eigenvalue weighted by molar-refractivity contribution is -0.140. The molecular formula is C34H43N3O5S. The lowest BCUT2D eigenvalue weighted by Gasteiger charge is -2.35. The summed E-state index contributed by atoms with van der Waals surface area (Å²) in [5, 5.41) is 3.23. The van der Waals surface area contributed by atoms with Crippen LogP contribution in [0.25, 0.3) is 0 Å². The van der Waals surface area contributed by atoms with E-state index in [0.29, 0.717) is 18.8 Å². The van der Waals surface area contributed by atoms with Crippen molar-refractivity contribution in [3.05, 3.63) is 95.6 Å². The first-order valence-corrected chi connectivity index (χ1v) is 16.9. The maximum atomic E-state index is 14.4. The molecule has 0 aliphatic heterocycles. The van der Waals surface area contributed by atoms with Gasteiger partial charge in [0.25, 0.3) is 0 Å². The van der Waals surface area contributed by atoms with Crippen molar-refractivity contribution in [3.63, 3.8) is 0 Å². The Labute approximate surface area is 256 Å². The van der Waals surface area contributed by atoms with E-state index in [1.54, 1.807) is 29.2 Å². The van der Waals surface area contributed by atoms with E-state index in [4.69, 9.17) is 4.74 Å². The monoisotopic (exact) mass is 605 g/mol. The van der Waals surface area contributed by atoms with Gasteiger partial charge in [0.15, 0.2) is 0 Å². The van der Waals surface area contributed by atoms with Crippen LogP contribution in [0.5, 0.6) is 5.75 Å². The molecule has 0 aromatic heterocycles. The molecule has 1 aliphatic rings. The molecule has 0 unspecified atom stereocenters. The van der Waals surface area contributed by atoms with Crippen LogP contribution >= 0.6 is 0 Å². The molecule has 43 heavy (non-hydrogen) atoms. The number of hydrogen-bond acceptors (Lipinski definition) is 5. The molecule has 9 heteroatoms. The zero-order chi connectivity index (χ0) is 30.8. The van der Waals surface area contributed by atoms with Gasteiger partial charge >= 0.3 is 0 Å². The van der Waals surface area contributed by atoms with E-state index in [9.17, 15) is 18.0 Å². The third kappa shape index (κ3) is 8.83. The normalized spacial score (nSPS) is 14.5. The largest absolute Gasteiger partial charge is 0.492 e. The number of amides is 2. The number of benzene rings is 3. The summed E-state index contributed by atoms with van der Waals surface area (Å²) < 4.78 is 33.1. The number of carbonyl (C=O) groups is 2. The van der Waals surface area contributed by atoms with Crippen molar-refractivity contribution in [1.82, 2.24) is 10.2 Å². The Morgan fingerprint density at radius 3 is 2.26 bits per heavy atom. The molecule has 0 saturated heterocycles. The van der Waals surface area contributed by atoms with Gasteiger partial charge in [-0.2, -0.15) is 0 Å². The van der Waals surface area contributed by atoms with Crippen molar-refractivity contribution in [2.24, 2.45) is 0 Å². The average molecular weight is 606 g/mol. The minimum atomic E-state index is -3.89. The fourth-order valence-corrected chi connectivity index (χ4v) is 6.46. The van der Waals surface area contributed by atoms with Gasteiger partial charge in [0.2, 0.25) is 21.8 Å². The number of ether oxygens (including phenoxy) is 1. The van der Waals surface area contributed by atoms with Crippen LogP contribution in [-0.2, 0) is 32.6 Å². The summed E-state index contributed by atoms with van der Waals surface area (Å²) in [5.41, 5.74) is 3.06. The molecule has 1 saturated carbocycles. The van der Waals surface area contributed by atoms with Gasteiger partial charge in [-0.05, 0) is 55.5 Å². The molecule has 0 heterocycles. The van der Waals surface area contributed by atoms with Gasteiger partial charge in [-0.1, -0.05) is 86.0 Å². The van der Waals surface area contributed by atoms with Crippen LogP contribution < -0.4 is 14.4 Å². The maximum absolute atomic E-state index is 14.4. The van der Waals surface area contributed by atoms with Crippen LogP contribution in [0.1, 0.15) is 55.7 Å². The van der Waals surface area contributed by atoms with E-state index in [1.807, 2.05) is 68.4 Å². The van der Waals surface area contributed by atoms with E-state index in [0.717, 1.165) is 59.4 Å². The third-order valence-electron chi connectivity index (χ3n) is 7.94. The Bertz CT molecular complexity index is 1470. The quantitative estimate of drug-likeness (QED) is 0.287. The highest BCUT2D eigenvalue weighted by Crippen LogP contribution is 2.30. The Morgan fingerprint density at radius 2 is 1.58 bits per heavy atom. The fraction of sp³-hybridized carbons (Fsp3) is 0.412. The summed E-state index contributed by atoms with van der Waals surface area (Å²) >= 11 is 0. The second-order valence-electron chi connectivity index (χ2n) is 11.2. The predicted molar refractivity (Wildman–Crippen MR) is 170 cm³/mol. The second-order valence-corrected chi connectivity index (χ2v) is 13.1. The molecule has 1 aliphatic carbocycles. The molecule has 1 atom stereocenters. The van der Waals surface area contributed by atoms with Gasteiger partial charge in [0.05, 0.1) is 18.6 Å². The molecule has 230 valence electrons. The van der Waals surface area contributed by atoms with Crippen molar-refractivity contribution in [3.8, 4) is 5.75 Å². The minimum absolute atomic E-state index is 0.0560. The molecule has 0 radical (unpaired) electrons. The van der Waals surface area contributed by atoms with Crippen LogP contribution in [0.2, 0.25) is 0 Å². The van der Waals surface area contributed by atoms with Crippen molar-refractivity contribution in [1.29, 1.82) is 0 Å². The van der Waals surface area contributed by atoms with Gasteiger partial charge in [-0.3, -0.25) is 13.9 Å². The number of hydrogen-bond donors (Lipinski definition) is 1. The molecule has 1 N–H and O–H groups in total. The molecule has 2 amide bonds. The number of sulfonamides is 1. The van der Waals surface area contributed by atoms with Crippen molar-refractivity contribution in [2.45, 2.75) is 71.0 Å². The summed E-state index contributed by atoms with van der Waals surface area (Å²) in [5.74, 6) is -0.331. The topological polar surface area (TPSA) is 96.0 Å². The third-order valence-corrected chi connectivity index (χ3v) is 9.06. The summed E-state index contributed by atoms with van der Waals surface area (Å²) in [4.78, 5) is 30.0. The lowest BCUT2D eigenvalue weighted by atomic mass is 9.94. The van der Waals surface area contributed by atoms with Crippen LogP contribution in [0, 0.1) is 6.92 Å². The average Bonchev–Trinajstić information content (AvgIpc) is 2.99. The molecular weight excluding hydrogens is 562 g/mol. The number of anilines is 1. The van der Waals surface area contributed by atoms with Crippen molar-refractivity contribution in [2.75, 3.05) is 23.7 Å². The number of nitrogens with one attached hydrogen (secondary N) is 1. The summed E-state index contributed by atoms with van der Waals surface area (Å²) in [6, 6.07) is 23.3. The Hall–Kier alpha value is -3.85. The van der Waals surface area contributed by atoms with Crippen LogP contribution in [-0.4, -0.2) is 56.6 Å². The lowest BCUT2D eigenvalue weighted by Crippen LogP contribution is -2.55.